The second-order valence-electron chi connectivity index (χ2n) is 14.5. The first-order valence-corrected chi connectivity index (χ1v) is 18.4. The summed E-state index contributed by atoms with van der Waals surface area (Å²) in [5, 5.41) is 46.3. The van der Waals surface area contributed by atoms with Crippen molar-refractivity contribution in [3.63, 3.8) is 0 Å². The van der Waals surface area contributed by atoms with Crippen LogP contribution in [0.4, 0.5) is 0 Å². The Hall–Kier alpha value is -5.54. The fraction of sp³-hybridized carbons (Fsp3) is 0.130. The van der Waals surface area contributed by atoms with Gasteiger partial charge in [-0.2, -0.15) is 0 Å². The van der Waals surface area contributed by atoms with Crippen LogP contribution in [0.25, 0.3) is 54.2 Å². The molecule has 0 aliphatic carbocycles. The second-order valence-corrected chi connectivity index (χ2v) is 15.5. The van der Waals surface area contributed by atoms with Crippen LogP contribution in [0.15, 0.2) is 150 Å². The van der Waals surface area contributed by atoms with Crippen molar-refractivity contribution >= 4 is 71.6 Å². The van der Waals surface area contributed by atoms with Crippen LogP contribution >= 0.6 is 15.9 Å². The number of phenols is 4. The molecule has 1 saturated heterocycles. The van der Waals surface area contributed by atoms with Gasteiger partial charge in [-0.25, -0.2) is 0 Å². The van der Waals surface area contributed by atoms with Gasteiger partial charge in [0.25, 0.3) is 0 Å². The average Bonchev–Trinajstić information content (AvgIpc) is 3.37. The summed E-state index contributed by atoms with van der Waals surface area (Å²) in [7, 11) is -0.349. The molecule has 1 heterocycles. The predicted molar refractivity (Wildman–Crippen MR) is 225 cm³/mol. The van der Waals surface area contributed by atoms with Crippen LogP contribution in [-0.2, 0) is 9.31 Å². The van der Waals surface area contributed by atoms with Crippen molar-refractivity contribution in [1.82, 2.24) is 0 Å². The van der Waals surface area contributed by atoms with Crippen LogP contribution in [0, 0.1) is 0 Å². The molecule has 8 aromatic rings. The first kappa shape index (κ1) is 36.8. The van der Waals surface area contributed by atoms with E-state index in [2.05, 4.69) is 46.3 Å². The van der Waals surface area contributed by atoms with Crippen LogP contribution < -0.4 is 5.46 Å². The highest BCUT2D eigenvalue weighted by atomic mass is 79.9. The van der Waals surface area contributed by atoms with Crippen LogP contribution in [0.3, 0.4) is 0 Å². The molecular weight excluding hydrogens is 739 g/mol. The summed E-state index contributed by atoms with van der Waals surface area (Å²) in [6.07, 6.45) is 0. The predicted octanol–water partition coefficient (Wildman–Crippen LogP) is 11.2. The van der Waals surface area contributed by atoms with Crippen molar-refractivity contribution in [3.05, 3.63) is 150 Å². The number of hydrogen-bond donors (Lipinski definition) is 4. The van der Waals surface area contributed by atoms with Crippen molar-refractivity contribution in [3.8, 4) is 34.1 Å². The van der Waals surface area contributed by atoms with E-state index in [1.54, 1.807) is 48.5 Å². The number of benzene rings is 8. The lowest BCUT2D eigenvalue weighted by Crippen LogP contribution is -2.41. The fourth-order valence-electron chi connectivity index (χ4n) is 6.41. The molecule has 0 unspecified atom stereocenters. The minimum Gasteiger partial charge on any atom is -0.508 e. The molecule has 1 aliphatic heterocycles. The van der Waals surface area contributed by atoms with Gasteiger partial charge in [0.2, 0.25) is 0 Å². The van der Waals surface area contributed by atoms with Gasteiger partial charge in [0.05, 0.1) is 11.2 Å². The van der Waals surface area contributed by atoms with Crippen LogP contribution in [0.2, 0.25) is 0 Å². The molecule has 0 saturated carbocycles. The second kappa shape index (κ2) is 14.7. The Morgan fingerprint density at radius 2 is 0.704 bits per heavy atom. The van der Waals surface area contributed by atoms with E-state index in [0.29, 0.717) is 5.75 Å². The third kappa shape index (κ3) is 8.02. The third-order valence-corrected chi connectivity index (χ3v) is 10.6. The van der Waals surface area contributed by atoms with E-state index in [1.807, 2.05) is 94.4 Å². The van der Waals surface area contributed by atoms with Gasteiger partial charge >= 0.3 is 7.12 Å². The molecular formula is C46H40BBrO6. The van der Waals surface area contributed by atoms with Gasteiger partial charge in [-0.15, -0.1) is 0 Å². The van der Waals surface area contributed by atoms with Crippen molar-refractivity contribution in [2.45, 2.75) is 38.9 Å². The van der Waals surface area contributed by atoms with Gasteiger partial charge in [-0.1, -0.05) is 88.7 Å². The summed E-state index contributed by atoms with van der Waals surface area (Å²) in [6, 6.07) is 45.9. The standard InChI is InChI=1S/C20H14O2.C16H19BO3.C10H7BrO/c21-19-7-5-15-9-13(1-3-17(15)11-19)14-2-4-18-12-20(22)8-6-16(18)10-14;1-15(2)16(3,4)20-17(19-15)13-7-5-12-10-14(18)8-6-11(12)9-13;11-9-3-1-8-6-10(12)4-2-7(8)5-9/h1-12,21-22H;5-10,18H,1-4H3;1-6,12H. The number of halogens is 1. The SMILES string of the molecule is CC1(C)OB(c2ccc3cc(O)ccc3c2)OC1(C)C.Oc1ccc2cc(-c3ccc4cc(O)ccc4c3)ccc2c1.Oc1ccc2cc(Br)ccc2c1. The van der Waals surface area contributed by atoms with Crippen molar-refractivity contribution < 1.29 is 29.7 Å². The molecule has 0 radical (unpaired) electrons. The Kier molecular flexibility index (Phi) is 10.0. The fourth-order valence-corrected chi connectivity index (χ4v) is 6.79. The van der Waals surface area contributed by atoms with E-state index in [4.69, 9.17) is 9.31 Å². The lowest BCUT2D eigenvalue weighted by atomic mass is 9.78. The molecule has 4 N–H and O–H groups in total. The van der Waals surface area contributed by atoms with E-state index in [1.165, 1.54) is 0 Å². The zero-order valence-corrected chi connectivity index (χ0v) is 32.0. The summed E-state index contributed by atoms with van der Waals surface area (Å²) in [5.41, 5.74) is 2.60. The van der Waals surface area contributed by atoms with Gasteiger partial charge in [0.15, 0.2) is 0 Å². The molecule has 8 heteroatoms. The van der Waals surface area contributed by atoms with E-state index in [0.717, 1.165) is 64.2 Å². The zero-order valence-electron chi connectivity index (χ0n) is 30.4. The van der Waals surface area contributed by atoms with Crippen LogP contribution in [0.5, 0.6) is 23.0 Å². The smallest absolute Gasteiger partial charge is 0.494 e. The molecule has 1 fully saturated rings. The highest BCUT2D eigenvalue weighted by molar-refractivity contribution is 9.10. The minimum atomic E-state index is -0.349. The van der Waals surface area contributed by atoms with Gasteiger partial charge < -0.3 is 29.7 Å². The summed E-state index contributed by atoms with van der Waals surface area (Å²) >= 11 is 3.39. The van der Waals surface area contributed by atoms with E-state index >= 15 is 0 Å². The number of phenolic OH excluding ortho intramolecular Hbond substituents is 4. The number of aromatic hydroxyl groups is 4. The molecule has 9 rings (SSSR count). The Morgan fingerprint density at radius 1 is 0.389 bits per heavy atom. The summed E-state index contributed by atoms with van der Waals surface area (Å²) in [4.78, 5) is 0. The summed E-state index contributed by atoms with van der Waals surface area (Å²) in [6.45, 7) is 8.19. The highest BCUT2D eigenvalue weighted by Gasteiger charge is 2.51. The average molecular weight is 780 g/mol. The first-order valence-electron chi connectivity index (χ1n) is 17.7. The zero-order chi connectivity index (χ0) is 38.2. The van der Waals surface area contributed by atoms with Gasteiger partial charge in [0.1, 0.15) is 23.0 Å². The lowest BCUT2D eigenvalue weighted by molar-refractivity contribution is 0.00578. The number of fused-ring (bicyclic) bond motifs is 4. The number of rotatable bonds is 2. The van der Waals surface area contributed by atoms with Gasteiger partial charge in [-0.05, 0) is 160 Å². The van der Waals surface area contributed by atoms with E-state index in [-0.39, 0.29) is 35.6 Å². The maximum atomic E-state index is 9.54. The molecule has 0 spiro atoms. The molecule has 0 bridgehead atoms. The maximum Gasteiger partial charge on any atom is 0.494 e. The highest BCUT2D eigenvalue weighted by Crippen LogP contribution is 2.37. The Balaban J connectivity index is 0.000000130. The summed E-state index contributed by atoms with van der Waals surface area (Å²) in [5.74, 6) is 1.15. The molecule has 8 aromatic carbocycles. The molecule has 54 heavy (non-hydrogen) atoms. The van der Waals surface area contributed by atoms with Crippen LogP contribution in [-0.4, -0.2) is 38.7 Å². The van der Waals surface area contributed by atoms with Crippen LogP contribution in [0.1, 0.15) is 27.7 Å². The van der Waals surface area contributed by atoms with Gasteiger partial charge in [0, 0.05) is 4.47 Å². The maximum absolute atomic E-state index is 9.54. The van der Waals surface area contributed by atoms with Crippen molar-refractivity contribution in [1.29, 1.82) is 0 Å². The quantitative estimate of drug-likeness (QED) is 0.130. The summed E-state index contributed by atoms with van der Waals surface area (Å²) < 4.78 is 13.2. The molecule has 1 aliphatic rings. The molecule has 0 aromatic heterocycles. The Morgan fingerprint density at radius 3 is 1.13 bits per heavy atom. The monoisotopic (exact) mass is 778 g/mol. The molecule has 6 nitrogen and oxygen atoms in total. The van der Waals surface area contributed by atoms with Crippen molar-refractivity contribution in [2.75, 3.05) is 0 Å². The third-order valence-electron chi connectivity index (χ3n) is 10.1. The van der Waals surface area contributed by atoms with E-state index < -0.39 is 0 Å². The molecule has 0 amide bonds. The lowest BCUT2D eigenvalue weighted by Gasteiger charge is -2.32. The first-order chi connectivity index (χ1) is 25.7. The minimum absolute atomic E-state index is 0.279. The normalized spacial score (nSPS) is 14.4. The molecule has 0 atom stereocenters. The van der Waals surface area contributed by atoms with Gasteiger partial charge in [-0.3, -0.25) is 0 Å². The Bertz CT molecular complexity index is 2510. The largest absolute Gasteiger partial charge is 0.508 e. The van der Waals surface area contributed by atoms with Crippen molar-refractivity contribution in [2.24, 2.45) is 0 Å². The Labute approximate surface area is 323 Å². The van der Waals surface area contributed by atoms with E-state index in [9.17, 15) is 20.4 Å². The molecule has 270 valence electrons. The topological polar surface area (TPSA) is 99.4 Å². The number of hydrogen-bond acceptors (Lipinski definition) is 6.